The van der Waals surface area contributed by atoms with Gasteiger partial charge < -0.3 is 0 Å². The molecule has 3 nitrogen and oxygen atoms in total. The summed E-state index contributed by atoms with van der Waals surface area (Å²) in [6.07, 6.45) is 2.46. The number of rotatable bonds is 3. The van der Waals surface area contributed by atoms with Crippen LogP contribution in [0.5, 0.6) is 0 Å². The lowest BCUT2D eigenvalue weighted by atomic mass is 10.1. The Morgan fingerprint density at radius 3 is 2.76 bits per heavy atom. The number of nitrogens with zero attached hydrogens (tertiary/aromatic N) is 2. The van der Waals surface area contributed by atoms with Gasteiger partial charge in [0.25, 0.3) is 0 Å². The zero-order chi connectivity index (χ0) is 12.4. The lowest BCUT2D eigenvalue weighted by Crippen LogP contribution is -2.05. The molecule has 4 heteroatoms. The van der Waals surface area contributed by atoms with Gasteiger partial charge in [0, 0.05) is 16.1 Å². The molecule has 0 bridgehead atoms. The molecule has 0 spiro atoms. The zero-order valence-corrected chi connectivity index (χ0v) is 11.3. The molecule has 2 aromatic rings. The Morgan fingerprint density at radius 1 is 1.41 bits per heavy atom. The van der Waals surface area contributed by atoms with Crippen molar-refractivity contribution in [3.63, 3.8) is 0 Å². The molecule has 0 atom stereocenters. The second-order valence-electron chi connectivity index (χ2n) is 4.12. The molecule has 1 aromatic carbocycles. The van der Waals surface area contributed by atoms with Crippen LogP contribution in [0.4, 0.5) is 0 Å². The fourth-order valence-corrected chi connectivity index (χ4v) is 2.19. The van der Waals surface area contributed by atoms with E-state index >= 15 is 0 Å². The fraction of sp³-hybridized carbons (Fsp3) is 0.231. The molecule has 0 saturated heterocycles. The van der Waals surface area contributed by atoms with Crippen LogP contribution in [0.15, 0.2) is 34.9 Å². The standard InChI is InChI=1S/C13H13BrN2O/c1-9(2)16-13(11(8-17)7-15-16)10-4-3-5-12(14)6-10/h3-9H,1-2H3. The Balaban J connectivity index is 2.64. The Hall–Kier alpha value is -1.42. The molecule has 0 saturated carbocycles. The first-order chi connectivity index (χ1) is 8.13. The van der Waals surface area contributed by atoms with Crippen LogP contribution in [0, 0.1) is 0 Å². The maximum atomic E-state index is 11.1. The summed E-state index contributed by atoms with van der Waals surface area (Å²) < 4.78 is 2.86. The molecule has 88 valence electrons. The van der Waals surface area contributed by atoms with Crippen molar-refractivity contribution in [3.8, 4) is 11.3 Å². The maximum Gasteiger partial charge on any atom is 0.153 e. The molecule has 0 fully saturated rings. The number of aromatic nitrogens is 2. The van der Waals surface area contributed by atoms with Gasteiger partial charge in [0.15, 0.2) is 6.29 Å². The van der Waals surface area contributed by atoms with Crippen LogP contribution in [0.3, 0.4) is 0 Å². The first-order valence-electron chi connectivity index (χ1n) is 5.42. The predicted molar refractivity (Wildman–Crippen MR) is 71.1 cm³/mol. The Kier molecular flexibility index (Phi) is 3.43. The van der Waals surface area contributed by atoms with Gasteiger partial charge in [-0.2, -0.15) is 5.10 Å². The second kappa shape index (κ2) is 4.84. The summed E-state index contributed by atoms with van der Waals surface area (Å²) in [5, 5.41) is 4.26. The van der Waals surface area contributed by atoms with E-state index < -0.39 is 0 Å². The molecule has 0 aliphatic carbocycles. The zero-order valence-electron chi connectivity index (χ0n) is 9.72. The van der Waals surface area contributed by atoms with Gasteiger partial charge in [-0.25, -0.2) is 0 Å². The average Bonchev–Trinajstić information content (AvgIpc) is 2.72. The largest absolute Gasteiger partial charge is 0.298 e. The van der Waals surface area contributed by atoms with Crippen LogP contribution < -0.4 is 0 Å². The van der Waals surface area contributed by atoms with Crippen molar-refractivity contribution in [2.75, 3.05) is 0 Å². The fourth-order valence-electron chi connectivity index (χ4n) is 1.79. The summed E-state index contributed by atoms with van der Waals surface area (Å²) in [6.45, 7) is 4.09. The highest BCUT2D eigenvalue weighted by atomic mass is 79.9. The van der Waals surface area contributed by atoms with E-state index in [1.54, 1.807) is 6.20 Å². The summed E-state index contributed by atoms with van der Waals surface area (Å²) >= 11 is 3.44. The number of halogens is 1. The van der Waals surface area contributed by atoms with Crippen LogP contribution in [-0.2, 0) is 0 Å². The molecular weight excluding hydrogens is 280 g/mol. The molecular formula is C13H13BrN2O. The highest BCUT2D eigenvalue weighted by molar-refractivity contribution is 9.10. The molecule has 0 aliphatic heterocycles. The molecule has 0 radical (unpaired) electrons. The Bertz CT molecular complexity index is 546. The summed E-state index contributed by atoms with van der Waals surface area (Å²) in [5.74, 6) is 0. The summed E-state index contributed by atoms with van der Waals surface area (Å²) in [5.41, 5.74) is 2.49. The Labute approximate surface area is 109 Å². The van der Waals surface area contributed by atoms with Crippen molar-refractivity contribution in [2.45, 2.75) is 19.9 Å². The van der Waals surface area contributed by atoms with Gasteiger partial charge in [-0.05, 0) is 26.0 Å². The monoisotopic (exact) mass is 292 g/mol. The highest BCUT2D eigenvalue weighted by Gasteiger charge is 2.14. The van der Waals surface area contributed by atoms with Crippen molar-refractivity contribution >= 4 is 22.2 Å². The van der Waals surface area contributed by atoms with Crippen molar-refractivity contribution in [1.29, 1.82) is 0 Å². The SMILES string of the molecule is CC(C)n1ncc(C=O)c1-c1cccc(Br)c1. The number of benzene rings is 1. The van der Waals surface area contributed by atoms with Crippen molar-refractivity contribution in [2.24, 2.45) is 0 Å². The van der Waals surface area contributed by atoms with Crippen LogP contribution in [0.1, 0.15) is 30.2 Å². The first-order valence-corrected chi connectivity index (χ1v) is 6.21. The molecule has 0 amide bonds. The van der Waals surface area contributed by atoms with E-state index in [4.69, 9.17) is 0 Å². The van der Waals surface area contributed by atoms with Crippen LogP contribution in [0.25, 0.3) is 11.3 Å². The van der Waals surface area contributed by atoms with E-state index in [0.717, 1.165) is 22.0 Å². The minimum Gasteiger partial charge on any atom is -0.298 e. The minimum absolute atomic E-state index is 0.220. The Morgan fingerprint density at radius 2 is 2.18 bits per heavy atom. The van der Waals surface area contributed by atoms with Gasteiger partial charge >= 0.3 is 0 Å². The summed E-state index contributed by atoms with van der Waals surface area (Å²) in [4.78, 5) is 11.1. The second-order valence-corrected chi connectivity index (χ2v) is 5.03. The molecule has 17 heavy (non-hydrogen) atoms. The minimum atomic E-state index is 0.220. The van der Waals surface area contributed by atoms with Crippen molar-refractivity contribution in [1.82, 2.24) is 9.78 Å². The third kappa shape index (κ3) is 2.31. The third-order valence-electron chi connectivity index (χ3n) is 2.54. The van der Waals surface area contributed by atoms with Gasteiger partial charge in [0.05, 0.1) is 17.5 Å². The smallest absolute Gasteiger partial charge is 0.153 e. The van der Waals surface area contributed by atoms with Gasteiger partial charge in [0.1, 0.15) is 0 Å². The highest BCUT2D eigenvalue weighted by Crippen LogP contribution is 2.27. The topological polar surface area (TPSA) is 34.9 Å². The summed E-state index contributed by atoms with van der Waals surface area (Å²) in [7, 11) is 0. The number of hydrogen-bond acceptors (Lipinski definition) is 2. The average molecular weight is 293 g/mol. The normalized spacial score (nSPS) is 10.8. The molecule has 1 aromatic heterocycles. The van der Waals surface area contributed by atoms with Crippen LogP contribution in [-0.4, -0.2) is 16.1 Å². The quantitative estimate of drug-likeness (QED) is 0.809. The van der Waals surface area contributed by atoms with E-state index in [-0.39, 0.29) is 6.04 Å². The lowest BCUT2D eigenvalue weighted by Gasteiger charge is -2.11. The number of carbonyl (C=O) groups excluding carboxylic acids is 1. The van der Waals surface area contributed by atoms with Crippen LogP contribution in [0.2, 0.25) is 0 Å². The first kappa shape index (κ1) is 12.0. The van der Waals surface area contributed by atoms with Crippen molar-refractivity contribution < 1.29 is 4.79 Å². The van der Waals surface area contributed by atoms with E-state index in [0.29, 0.717) is 5.56 Å². The summed E-state index contributed by atoms with van der Waals surface area (Å²) in [6, 6.07) is 8.10. The van der Waals surface area contributed by atoms with E-state index in [1.807, 2.05) is 42.8 Å². The number of carbonyl (C=O) groups is 1. The van der Waals surface area contributed by atoms with Gasteiger partial charge in [-0.15, -0.1) is 0 Å². The van der Waals surface area contributed by atoms with Gasteiger partial charge in [-0.1, -0.05) is 28.1 Å². The lowest BCUT2D eigenvalue weighted by molar-refractivity contribution is 0.112. The molecule has 2 rings (SSSR count). The number of hydrogen-bond donors (Lipinski definition) is 0. The molecule has 0 unspecified atom stereocenters. The third-order valence-corrected chi connectivity index (χ3v) is 3.03. The predicted octanol–water partition coefficient (Wildman–Crippen LogP) is 3.71. The van der Waals surface area contributed by atoms with E-state index in [1.165, 1.54) is 0 Å². The van der Waals surface area contributed by atoms with Gasteiger partial charge in [-0.3, -0.25) is 9.48 Å². The van der Waals surface area contributed by atoms with E-state index in [9.17, 15) is 4.79 Å². The maximum absolute atomic E-state index is 11.1. The van der Waals surface area contributed by atoms with Gasteiger partial charge in [0.2, 0.25) is 0 Å². The van der Waals surface area contributed by atoms with Crippen LogP contribution >= 0.6 is 15.9 Å². The molecule has 0 N–H and O–H groups in total. The molecule has 0 aliphatic rings. The number of aldehydes is 1. The van der Waals surface area contributed by atoms with Crippen molar-refractivity contribution in [3.05, 3.63) is 40.5 Å². The molecule has 1 heterocycles. The van der Waals surface area contributed by atoms with E-state index in [2.05, 4.69) is 21.0 Å².